The van der Waals surface area contributed by atoms with Gasteiger partial charge in [-0.05, 0) is 24.7 Å². The maximum Gasteiger partial charge on any atom is -0.0194 e. The standard InChI is InChI=1S/C9H16/c1-7(2)4-5-9-6-8(9)3/h5,7-8H,4,6H2,1-3H3. The van der Waals surface area contributed by atoms with E-state index < -0.39 is 0 Å². The Kier molecular flexibility index (Phi) is 1.94. The van der Waals surface area contributed by atoms with Crippen LogP contribution in [0, 0.1) is 11.8 Å². The van der Waals surface area contributed by atoms with E-state index in [-0.39, 0.29) is 0 Å². The van der Waals surface area contributed by atoms with Crippen molar-refractivity contribution in [2.24, 2.45) is 11.8 Å². The third-order valence-electron chi connectivity index (χ3n) is 1.87. The Morgan fingerprint density at radius 2 is 2.22 bits per heavy atom. The molecule has 0 heterocycles. The molecule has 0 radical (unpaired) electrons. The predicted octanol–water partition coefficient (Wildman–Crippen LogP) is 3.00. The van der Waals surface area contributed by atoms with E-state index >= 15 is 0 Å². The Bertz CT molecular complexity index is 120. The van der Waals surface area contributed by atoms with Crippen LogP contribution in [0.1, 0.15) is 33.6 Å². The molecule has 52 valence electrons. The molecule has 0 N–H and O–H groups in total. The maximum absolute atomic E-state index is 2.41. The highest BCUT2D eigenvalue weighted by Gasteiger charge is 2.22. The Morgan fingerprint density at radius 3 is 2.56 bits per heavy atom. The van der Waals surface area contributed by atoms with Gasteiger partial charge in [-0.2, -0.15) is 0 Å². The molecule has 0 heteroatoms. The first kappa shape index (κ1) is 6.85. The zero-order valence-electron chi connectivity index (χ0n) is 6.65. The van der Waals surface area contributed by atoms with E-state index in [0.717, 1.165) is 11.8 Å². The van der Waals surface area contributed by atoms with Crippen LogP contribution in [0.5, 0.6) is 0 Å². The Morgan fingerprint density at radius 1 is 1.67 bits per heavy atom. The second kappa shape index (κ2) is 2.55. The summed E-state index contributed by atoms with van der Waals surface area (Å²) in [6, 6.07) is 0. The van der Waals surface area contributed by atoms with Crippen LogP contribution in [0.3, 0.4) is 0 Å². The van der Waals surface area contributed by atoms with Gasteiger partial charge in [0.1, 0.15) is 0 Å². The van der Waals surface area contributed by atoms with Gasteiger partial charge >= 0.3 is 0 Å². The Balaban J connectivity index is 2.18. The molecule has 1 saturated carbocycles. The van der Waals surface area contributed by atoms with Gasteiger partial charge in [0.25, 0.3) is 0 Å². The van der Waals surface area contributed by atoms with E-state index in [1.807, 2.05) is 0 Å². The van der Waals surface area contributed by atoms with Crippen LogP contribution in [-0.2, 0) is 0 Å². The summed E-state index contributed by atoms with van der Waals surface area (Å²) < 4.78 is 0. The maximum atomic E-state index is 2.41. The van der Waals surface area contributed by atoms with Gasteiger partial charge in [0, 0.05) is 0 Å². The highest BCUT2D eigenvalue weighted by molar-refractivity contribution is 5.21. The average molecular weight is 124 g/mol. The van der Waals surface area contributed by atoms with Crippen LogP contribution < -0.4 is 0 Å². The molecule has 1 fully saturated rings. The Hall–Kier alpha value is -0.260. The van der Waals surface area contributed by atoms with Gasteiger partial charge in [-0.3, -0.25) is 0 Å². The topological polar surface area (TPSA) is 0 Å². The van der Waals surface area contributed by atoms with Crippen LogP contribution in [-0.4, -0.2) is 0 Å². The molecule has 1 atom stereocenters. The van der Waals surface area contributed by atoms with Crippen LogP contribution in [0.15, 0.2) is 11.6 Å². The zero-order chi connectivity index (χ0) is 6.85. The lowest BCUT2D eigenvalue weighted by Gasteiger charge is -1.94. The van der Waals surface area contributed by atoms with Crippen molar-refractivity contribution in [1.29, 1.82) is 0 Å². The third-order valence-corrected chi connectivity index (χ3v) is 1.87. The summed E-state index contributed by atoms with van der Waals surface area (Å²) in [4.78, 5) is 0. The molecule has 0 nitrogen and oxygen atoms in total. The molecule has 1 unspecified atom stereocenters. The third kappa shape index (κ3) is 2.21. The SMILES string of the molecule is CC(C)CC=C1CC1C. The van der Waals surface area contributed by atoms with E-state index in [2.05, 4.69) is 26.8 Å². The monoisotopic (exact) mass is 124 g/mol. The van der Waals surface area contributed by atoms with Gasteiger partial charge in [-0.15, -0.1) is 0 Å². The number of hydrogen-bond acceptors (Lipinski definition) is 0. The average Bonchev–Trinajstić information content (AvgIpc) is 2.42. The number of allylic oxidation sites excluding steroid dienone is 2. The lowest BCUT2D eigenvalue weighted by molar-refractivity contribution is 0.662. The van der Waals surface area contributed by atoms with Gasteiger partial charge in [-0.25, -0.2) is 0 Å². The fourth-order valence-corrected chi connectivity index (χ4v) is 0.966. The largest absolute Gasteiger partial charge is 0.0848 e. The first-order valence-corrected chi connectivity index (χ1v) is 3.89. The smallest absolute Gasteiger partial charge is 0.0194 e. The first-order chi connectivity index (χ1) is 4.20. The van der Waals surface area contributed by atoms with Crippen LogP contribution in [0.2, 0.25) is 0 Å². The van der Waals surface area contributed by atoms with Crippen LogP contribution >= 0.6 is 0 Å². The second-order valence-electron chi connectivity index (χ2n) is 3.51. The summed E-state index contributed by atoms with van der Waals surface area (Å²) in [6.07, 6.45) is 5.06. The summed E-state index contributed by atoms with van der Waals surface area (Å²) >= 11 is 0. The molecule has 0 aliphatic heterocycles. The van der Waals surface area contributed by atoms with Gasteiger partial charge in [0.2, 0.25) is 0 Å². The van der Waals surface area contributed by atoms with Crippen molar-refractivity contribution in [3.8, 4) is 0 Å². The molecule has 0 bridgehead atoms. The van der Waals surface area contributed by atoms with E-state index in [4.69, 9.17) is 0 Å². The van der Waals surface area contributed by atoms with Gasteiger partial charge in [0.15, 0.2) is 0 Å². The summed E-state index contributed by atoms with van der Waals surface area (Å²) in [5.41, 5.74) is 1.68. The quantitative estimate of drug-likeness (QED) is 0.496. The van der Waals surface area contributed by atoms with Gasteiger partial charge < -0.3 is 0 Å². The summed E-state index contributed by atoms with van der Waals surface area (Å²) in [5.74, 6) is 1.76. The normalized spacial score (nSPS) is 29.8. The molecule has 1 aliphatic rings. The van der Waals surface area contributed by atoms with E-state index in [1.165, 1.54) is 12.8 Å². The molecular formula is C9H16. The molecule has 1 rings (SSSR count). The van der Waals surface area contributed by atoms with Crippen molar-refractivity contribution in [3.05, 3.63) is 11.6 Å². The molecule has 0 aromatic rings. The molecule has 0 aromatic carbocycles. The molecule has 0 amide bonds. The lowest BCUT2D eigenvalue weighted by atomic mass is 10.1. The highest BCUT2D eigenvalue weighted by atomic mass is 14.3. The molecule has 1 aliphatic carbocycles. The first-order valence-electron chi connectivity index (χ1n) is 3.89. The van der Waals surface area contributed by atoms with Crippen molar-refractivity contribution in [1.82, 2.24) is 0 Å². The van der Waals surface area contributed by atoms with Crippen molar-refractivity contribution in [2.45, 2.75) is 33.6 Å². The summed E-state index contributed by atoms with van der Waals surface area (Å²) in [7, 11) is 0. The second-order valence-corrected chi connectivity index (χ2v) is 3.51. The zero-order valence-corrected chi connectivity index (χ0v) is 6.65. The fourth-order valence-electron chi connectivity index (χ4n) is 0.966. The fraction of sp³-hybridized carbons (Fsp3) is 0.778. The van der Waals surface area contributed by atoms with Gasteiger partial charge in [0.05, 0.1) is 0 Å². The van der Waals surface area contributed by atoms with E-state index in [9.17, 15) is 0 Å². The lowest BCUT2D eigenvalue weighted by Crippen LogP contribution is -1.80. The molecule has 0 saturated heterocycles. The van der Waals surface area contributed by atoms with Crippen molar-refractivity contribution < 1.29 is 0 Å². The highest BCUT2D eigenvalue weighted by Crippen LogP contribution is 2.37. The van der Waals surface area contributed by atoms with E-state index in [0.29, 0.717) is 0 Å². The van der Waals surface area contributed by atoms with Crippen molar-refractivity contribution >= 4 is 0 Å². The Labute approximate surface area is 58.0 Å². The van der Waals surface area contributed by atoms with Gasteiger partial charge in [-0.1, -0.05) is 32.4 Å². The minimum atomic E-state index is 0.838. The minimum absolute atomic E-state index is 0.838. The summed E-state index contributed by atoms with van der Waals surface area (Å²) in [6.45, 7) is 6.83. The molecule has 0 aromatic heterocycles. The summed E-state index contributed by atoms with van der Waals surface area (Å²) in [5, 5.41) is 0. The van der Waals surface area contributed by atoms with Crippen molar-refractivity contribution in [3.63, 3.8) is 0 Å². The number of rotatable bonds is 2. The number of hydrogen-bond donors (Lipinski definition) is 0. The molecule has 9 heavy (non-hydrogen) atoms. The van der Waals surface area contributed by atoms with E-state index in [1.54, 1.807) is 5.57 Å². The van der Waals surface area contributed by atoms with Crippen LogP contribution in [0.25, 0.3) is 0 Å². The molecule has 0 spiro atoms. The van der Waals surface area contributed by atoms with Crippen molar-refractivity contribution in [2.75, 3.05) is 0 Å². The molecular weight excluding hydrogens is 108 g/mol. The predicted molar refractivity (Wildman–Crippen MR) is 41.3 cm³/mol. The van der Waals surface area contributed by atoms with Crippen LogP contribution in [0.4, 0.5) is 0 Å². The minimum Gasteiger partial charge on any atom is -0.0848 e.